The number of ketones is 1. The maximum absolute atomic E-state index is 12.4. The van der Waals surface area contributed by atoms with Gasteiger partial charge in [-0.05, 0) is 25.0 Å². The summed E-state index contributed by atoms with van der Waals surface area (Å²) in [5, 5.41) is 0.230. The third-order valence-electron chi connectivity index (χ3n) is 3.30. The number of fused-ring (bicyclic) bond motifs is 2. The van der Waals surface area contributed by atoms with Crippen LogP contribution < -0.4 is 0 Å². The van der Waals surface area contributed by atoms with E-state index in [0.717, 1.165) is 16.0 Å². The van der Waals surface area contributed by atoms with Gasteiger partial charge in [-0.15, -0.1) is 11.8 Å². The van der Waals surface area contributed by atoms with Crippen LogP contribution in [0.1, 0.15) is 24.2 Å². The Kier molecular flexibility index (Phi) is 2.48. The Balaban J connectivity index is 2.14. The number of thioether (sulfide) groups is 1. The molecule has 0 bridgehead atoms. The molecule has 2 aliphatic rings. The Morgan fingerprint density at radius 2 is 1.94 bits per heavy atom. The molecule has 0 saturated carbocycles. The molecular formula is C15H14OS. The fourth-order valence-corrected chi connectivity index (χ4v) is 3.83. The number of carbonyl (C=O) groups is 1. The average Bonchev–Trinajstić information content (AvgIpc) is 2.31. The Labute approximate surface area is 106 Å². The number of allylic oxidation sites excluding steroid dienone is 2. The van der Waals surface area contributed by atoms with Gasteiger partial charge in [-0.3, -0.25) is 4.79 Å². The van der Waals surface area contributed by atoms with E-state index >= 15 is 0 Å². The van der Waals surface area contributed by atoms with Crippen LogP contribution in [-0.2, 0) is 0 Å². The standard InChI is InChI=1S/C15H14OS/c1-9-7-10(2)15-12(8-9)14(16)11-5-3-4-6-13(11)17-15/h3-9,15H,1-2H3. The Hall–Kier alpha value is -1.28. The molecule has 2 atom stereocenters. The Morgan fingerprint density at radius 1 is 1.18 bits per heavy atom. The van der Waals surface area contributed by atoms with E-state index in [-0.39, 0.29) is 11.0 Å². The molecule has 3 rings (SSSR count). The highest BCUT2D eigenvalue weighted by atomic mass is 32.2. The van der Waals surface area contributed by atoms with Gasteiger partial charge in [-0.2, -0.15) is 0 Å². The number of Topliss-reactive ketones (excluding diaryl/α,β-unsaturated/α-hetero) is 1. The molecule has 0 saturated heterocycles. The number of carbonyl (C=O) groups excluding carboxylic acids is 1. The number of hydrogen-bond acceptors (Lipinski definition) is 2. The minimum Gasteiger partial charge on any atom is -0.289 e. The van der Waals surface area contributed by atoms with E-state index in [1.165, 1.54) is 5.57 Å². The summed E-state index contributed by atoms with van der Waals surface area (Å²) in [5.74, 6) is 0.583. The van der Waals surface area contributed by atoms with Crippen LogP contribution in [-0.4, -0.2) is 11.0 Å². The van der Waals surface area contributed by atoms with Crippen molar-refractivity contribution >= 4 is 17.5 Å². The van der Waals surface area contributed by atoms with Crippen LogP contribution in [0, 0.1) is 5.92 Å². The van der Waals surface area contributed by atoms with Crippen LogP contribution in [0.15, 0.2) is 52.5 Å². The van der Waals surface area contributed by atoms with E-state index < -0.39 is 0 Å². The van der Waals surface area contributed by atoms with E-state index in [1.807, 2.05) is 24.3 Å². The van der Waals surface area contributed by atoms with Crippen molar-refractivity contribution in [2.24, 2.45) is 5.92 Å². The molecule has 0 radical (unpaired) electrons. The van der Waals surface area contributed by atoms with Gasteiger partial charge in [0.25, 0.3) is 0 Å². The largest absolute Gasteiger partial charge is 0.289 e. The molecular weight excluding hydrogens is 228 g/mol. The molecule has 1 aliphatic heterocycles. The third-order valence-corrected chi connectivity index (χ3v) is 4.77. The molecule has 0 amide bonds. The molecule has 86 valence electrons. The highest BCUT2D eigenvalue weighted by molar-refractivity contribution is 8.00. The topological polar surface area (TPSA) is 17.1 Å². The zero-order valence-corrected chi connectivity index (χ0v) is 10.8. The molecule has 0 N–H and O–H groups in total. The molecule has 0 fully saturated rings. The summed E-state index contributed by atoms with van der Waals surface area (Å²) in [4.78, 5) is 13.5. The van der Waals surface area contributed by atoms with Crippen LogP contribution in [0.5, 0.6) is 0 Å². The summed E-state index contributed by atoms with van der Waals surface area (Å²) in [7, 11) is 0. The van der Waals surface area contributed by atoms with Crippen molar-refractivity contribution in [3.8, 4) is 0 Å². The van der Waals surface area contributed by atoms with Gasteiger partial charge in [0.2, 0.25) is 0 Å². The number of rotatable bonds is 0. The lowest BCUT2D eigenvalue weighted by molar-refractivity contribution is 0.102. The Bertz CT molecular complexity index is 554. The highest BCUT2D eigenvalue weighted by Crippen LogP contribution is 2.43. The summed E-state index contributed by atoms with van der Waals surface area (Å²) in [6.07, 6.45) is 4.37. The summed E-state index contributed by atoms with van der Waals surface area (Å²) in [6, 6.07) is 7.91. The van der Waals surface area contributed by atoms with Gasteiger partial charge in [-0.25, -0.2) is 0 Å². The van der Waals surface area contributed by atoms with E-state index in [1.54, 1.807) is 11.8 Å². The zero-order chi connectivity index (χ0) is 12.0. The van der Waals surface area contributed by atoms with Crippen LogP contribution in [0.2, 0.25) is 0 Å². The molecule has 2 unspecified atom stereocenters. The predicted octanol–water partition coefficient (Wildman–Crippen LogP) is 3.87. The molecule has 1 aromatic carbocycles. The van der Waals surface area contributed by atoms with Crippen molar-refractivity contribution in [1.82, 2.24) is 0 Å². The lowest BCUT2D eigenvalue weighted by Crippen LogP contribution is -2.25. The van der Waals surface area contributed by atoms with Crippen molar-refractivity contribution < 1.29 is 4.79 Å². The van der Waals surface area contributed by atoms with Gasteiger partial charge in [-0.1, -0.05) is 36.8 Å². The van der Waals surface area contributed by atoms with Crippen molar-refractivity contribution in [3.63, 3.8) is 0 Å². The third kappa shape index (κ3) is 1.67. The Morgan fingerprint density at radius 3 is 2.76 bits per heavy atom. The fraction of sp³-hybridized carbons (Fsp3) is 0.267. The fourth-order valence-electron chi connectivity index (χ4n) is 2.56. The van der Waals surface area contributed by atoms with E-state index in [0.29, 0.717) is 5.92 Å². The molecule has 1 aliphatic carbocycles. The van der Waals surface area contributed by atoms with Crippen molar-refractivity contribution in [3.05, 3.63) is 53.1 Å². The van der Waals surface area contributed by atoms with Crippen molar-refractivity contribution in [2.45, 2.75) is 24.0 Å². The summed E-state index contributed by atoms with van der Waals surface area (Å²) in [5.41, 5.74) is 3.14. The number of benzene rings is 1. The second-order valence-corrected chi connectivity index (χ2v) is 5.86. The average molecular weight is 242 g/mol. The first-order chi connectivity index (χ1) is 8.16. The molecule has 2 heteroatoms. The van der Waals surface area contributed by atoms with Crippen LogP contribution in [0.4, 0.5) is 0 Å². The van der Waals surface area contributed by atoms with Gasteiger partial charge in [0.05, 0.1) is 5.25 Å². The highest BCUT2D eigenvalue weighted by Gasteiger charge is 2.33. The molecule has 17 heavy (non-hydrogen) atoms. The first kappa shape index (κ1) is 10.8. The van der Waals surface area contributed by atoms with Crippen LogP contribution in [0.3, 0.4) is 0 Å². The van der Waals surface area contributed by atoms with E-state index in [4.69, 9.17) is 0 Å². The van der Waals surface area contributed by atoms with Gasteiger partial charge in [0, 0.05) is 16.0 Å². The molecule has 0 spiro atoms. The first-order valence-corrected chi connectivity index (χ1v) is 6.75. The second kappa shape index (κ2) is 3.88. The van der Waals surface area contributed by atoms with Crippen LogP contribution >= 0.6 is 11.8 Å². The smallest absolute Gasteiger partial charge is 0.191 e. The van der Waals surface area contributed by atoms with Gasteiger partial charge >= 0.3 is 0 Å². The lowest BCUT2D eigenvalue weighted by atomic mass is 9.88. The van der Waals surface area contributed by atoms with Crippen molar-refractivity contribution in [2.75, 3.05) is 0 Å². The minimum absolute atomic E-state index is 0.212. The second-order valence-electron chi connectivity index (χ2n) is 4.71. The zero-order valence-electron chi connectivity index (χ0n) is 9.94. The molecule has 0 aromatic heterocycles. The normalized spacial score (nSPS) is 26.8. The maximum atomic E-state index is 12.4. The molecule has 1 nitrogen and oxygen atoms in total. The summed E-state index contributed by atoms with van der Waals surface area (Å²) < 4.78 is 0. The van der Waals surface area contributed by atoms with Gasteiger partial charge in [0.1, 0.15) is 0 Å². The SMILES string of the molecule is CC1=CC(C)C=C2C(=O)c3ccccc3SC12. The predicted molar refractivity (Wildman–Crippen MR) is 71.4 cm³/mol. The molecule has 1 heterocycles. The van der Waals surface area contributed by atoms with E-state index in [9.17, 15) is 4.79 Å². The lowest BCUT2D eigenvalue weighted by Gasteiger charge is -2.30. The monoisotopic (exact) mass is 242 g/mol. The van der Waals surface area contributed by atoms with Gasteiger partial charge < -0.3 is 0 Å². The van der Waals surface area contributed by atoms with Gasteiger partial charge in [0.15, 0.2) is 5.78 Å². The number of hydrogen-bond donors (Lipinski definition) is 0. The summed E-state index contributed by atoms with van der Waals surface area (Å²) in [6.45, 7) is 4.26. The van der Waals surface area contributed by atoms with E-state index in [2.05, 4.69) is 26.0 Å². The first-order valence-electron chi connectivity index (χ1n) is 5.87. The van der Waals surface area contributed by atoms with Crippen molar-refractivity contribution in [1.29, 1.82) is 0 Å². The quantitative estimate of drug-likeness (QED) is 0.642. The minimum atomic E-state index is 0.212. The van der Waals surface area contributed by atoms with Crippen LogP contribution in [0.25, 0.3) is 0 Å². The maximum Gasteiger partial charge on any atom is 0.191 e. The summed E-state index contributed by atoms with van der Waals surface area (Å²) >= 11 is 1.80. The molecule has 1 aromatic rings.